The van der Waals surface area contributed by atoms with Crippen molar-refractivity contribution in [3.8, 4) is 5.75 Å². The second kappa shape index (κ2) is 5.06. The first-order valence-corrected chi connectivity index (χ1v) is 6.40. The summed E-state index contributed by atoms with van der Waals surface area (Å²) >= 11 is 1.72. The van der Waals surface area contributed by atoms with Crippen molar-refractivity contribution < 1.29 is 14.2 Å². The predicted octanol–water partition coefficient (Wildman–Crippen LogP) is 2.76. The topological polar surface area (TPSA) is 29.5 Å². The summed E-state index contributed by atoms with van der Waals surface area (Å²) in [5, 5.41) is 10.2. The first-order chi connectivity index (χ1) is 7.72. The minimum absolute atomic E-state index is 0.128. The van der Waals surface area contributed by atoms with Gasteiger partial charge in [0.25, 0.3) is 0 Å². The van der Waals surface area contributed by atoms with Crippen molar-refractivity contribution >= 4 is 11.8 Å². The number of hydrogen-bond acceptors (Lipinski definition) is 3. The van der Waals surface area contributed by atoms with E-state index in [0.717, 1.165) is 18.6 Å². The molecule has 2 unspecified atom stereocenters. The van der Waals surface area contributed by atoms with Crippen molar-refractivity contribution in [1.29, 1.82) is 0 Å². The Morgan fingerprint density at radius 3 is 2.94 bits per heavy atom. The highest BCUT2D eigenvalue weighted by molar-refractivity contribution is 8.00. The summed E-state index contributed by atoms with van der Waals surface area (Å²) in [6.45, 7) is 0. The maximum absolute atomic E-state index is 13.7. The van der Waals surface area contributed by atoms with Gasteiger partial charge in [0.15, 0.2) is 0 Å². The zero-order chi connectivity index (χ0) is 11.5. The average Bonchev–Trinajstić information content (AvgIpc) is 2.81. The molecule has 2 nitrogen and oxygen atoms in total. The second-order valence-corrected chi connectivity index (χ2v) is 5.23. The number of rotatable bonds is 3. The maximum Gasteiger partial charge on any atom is 0.132 e. The number of thioether (sulfide) groups is 1. The first-order valence-electron chi connectivity index (χ1n) is 5.35. The van der Waals surface area contributed by atoms with Crippen LogP contribution in [0.15, 0.2) is 18.2 Å². The first kappa shape index (κ1) is 11.7. The van der Waals surface area contributed by atoms with Crippen LogP contribution in [-0.2, 0) is 0 Å². The van der Waals surface area contributed by atoms with E-state index in [0.29, 0.717) is 11.3 Å². The molecule has 88 valence electrons. The third kappa shape index (κ3) is 2.33. The molecule has 1 aromatic rings. The molecule has 16 heavy (non-hydrogen) atoms. The van der Waals surface area contributed by atoms with Crippen LogP contribution in [0.5, 0.6) is 5.75 Å². The number of aliphatic hydroxyl groups excluding tert-OH is 1. The Morgan fingerprint density at radius 2 is 2.38 bits per heavy atom. The Kier molecular flexibility index (Phi) is 3.71. The zero-order valence-corrected chi connectivity index (χ0v) is 9.97. The van der Waals surface area contributed by atoms with Gasteiger partial charge in [-0.1, -0.05) is 0 Å². The summed E-state index contributed by atoms with van der Waals surface area (Å²) in [6.07, 6.45) is 1.35. The molecular formula is C12H15FO2S. The third-order valence-electron chi connectivity index (χ3n) is 2.84. The van der Waals surface area contributed by atoms with E-state index in [1.165, 1.54) is 13.2 Å². The van der Waals surface area contributed by atoms with E-state index in [2.05, 4.69) is 0 Å². The zero-order valence-electron chi connectivity index (χ0n) is 9.15. The van der Waals surface area contributed by atoms with Crippen molar-refractivity contribution in [2.45, 2.75) is 24.2 Å². The molecule has 1 aliphatic heterocycles. The average molecular weight is 242 g/mol. The van der Waals surface area contributed by atoms with Crippen molar-refractivity contribution in [3.63, 3.8) is 0 Å². The predicted molar refractivity (Wildman–Crippen MR) is 63.4 cm³/mol. The van der Waals surface area contributed by atoms with Crippen LogP contribution < -0.4 is 4.74 Å². The van der Waals surface area contributed by atoms with Crippen molar-refractivity contribution in [3.05, 3.63) is 29.6 Å². The highest BCUT2D eigenvalue weighted by atomic mass is 32.2. The van der Waals surface area contributed by atoms with Gasteiger partial charge < -0.3 is 9.84 Å². The van der Waals surface area contributed by atoms with Crippen LogP contribution >= 0.6 is 11.8 Å². The molecule has 0 saturated carbocycles. The lowest BCUT2D eigenvalue weighted by atomic mass is 10.0. The lowest BCUT2D eigenvalue weighted by Gasteiger charge is -2.18. The van der Waals surface area contributed by atoms with Crippen LogP contribution in [0.3, 0.4) is 0 Å². The van der Waals surface area contributed by atoms with Gasteiger partial charge in [-0.05, 0) is 30.7 Å². The summed E-state index contributed by atoms with van der Waals surface area (Å²) in [5.74, 6) is 1.14. The molecule has 2 atom stereocenters. The quantitative estimate of drug-likeness (QED) is 0.883. The molecule has 0 bridgehead atoms. The molecule has 0 aliphatic carbocycles. The van der Waals surface area contributed by atoms with E-state index in [4.69, 9.17) is 4.74 Å². The molecule has 1 aromatic carbocycles. The highest BCUT2D eigenvalue weighted by Gasteiger charge is 2.27. The summed E-state index contributed by atoms with van der Waals surface area (Å²) in [5.41, 5.74) is 0.375. The number of hydrogen-bond donors (Lipinski definition) is 1. The van der Waals surface area contributed by atoms with Gasteiger partial charge in [0.05, 0.1) is 13.2 Å². The summed E-state index contributed by atoms with van der Waals surface area (Å²) in [7, 11) is 1.50. The molecule has 4 heteroatoms. The minimum atomic E-state index is -0.710. The Labute approximate surface area is 98.8 Å². The van der Waals surface area contributed by atoms with Crippen LogP contribution in [0.1, 0.15) is 24.5 Å². The van der Waals surface area contributed by atoms with E-state index in [-0.39, 0.29) is 11.1 Å². The summed E-state index contributed by atoms with van der Waals surface area (Å²) in [6, 6.07) is 4.61. The third-order valence-corrected chi connectivity index (χ3v) is 4.29. The molecule has 1 fully saturated rings. The lowest BCUT2D eigenvalue weighted by molar-refractivity contribution is 0.168. The van der Waals surface area contributed by atoms with Gasteiger partial charge in [-0.15, -0.1) is 0 Å². The molecule has 1 saturated heterocycles. The largest absolute Gasteiger partial charge is 0.497 e. The van der Waals surface area contributed by atoms with Crippen LogP contribution in [0, 0.1) is 5.82 Å². The van der Waals surface area contributed by atoms with Crippen molar-refractivity contribution in [2.24, 2.45) is 0 Å². The fourth-order valence-corrected chi connectivity index (χ4v) is 3.22. The molecule has 0 amide bonds. The molecule has 2 rings (SSSR count). The number of benzene rings is 1. The normalized spacial score (nSPS) is 22.1. The van der Waals surface area contributed by atoms with Crippen LogP contribution in [0.4, 0.5) is 4.39 Å². The Bertz CT molecular complexity index is 364. The molecule has 0 radical (unpaired) electrons. The minimum Gasteiger partial charge on any atom is -0.497 e. The summed E-state index contributed by atoms with van der Waals surface area (Å²) in [4.78, 5) is 0. The Hall–Kier alpha value is -0.740. The number of ether oxygens (including phenoxy) is 1. The van der Waals surface area contributed by atoms with Gasteiger partial charge >= 0.3 is 0 Å². The Balaban J connectivity index is 2.19. The van der Waals surface area contributed by atoms with Crippen LogP contribution in [-0.4, -0.2) is 23.2 Å². The van der Waals surface area contributed by atoms with Crippen LogP contribution in [0.25, 0.3) is 0 Å². The fraction of sp³-hybridized carbons (Fsp3) is 0.500. The number of halogens is 1. The lowest BCUT2D eigenvalue weighted by Crippen LogP contribution is -2.13. The van der Waals surface area contributed by atoms with Gasteiger partial charge in [0, 0.05) is 16.9 Å². The molecule has 0 aromatic heterocycles. The van der Waals surface area contributed by atoms with E-state index in [1.54, 1.807) is 23.9 Å². The Morgan fingerprint density at radius 1 is 1.56 bits per heavy atom. The van der Waals surface area contributed by atoms with Gasteiger partial charge in [0.1, 0.15) is 11.6 Å². The standard InChI is InChI=1S/C12H15FO2S/c1-15-8-4-5-9(10(13)7-8)12(14)11-3-2-6-16-11/h4-5,7,11-12,14H,2-3,6H2,1H3. The molecule has 0 spiro atoms. The van der Waals surface area contributed by atoms with Crippen molar-refractivity contribution in [2.75, 3.05) is 12.9 Å². The molecule has 1 heterocycles. The highest BCUT2D eigenvalue weighted by Crippen LogP contribution is 2.37. The van der Waals surface area contributed by atoms with Gasteiger partial charge in [-0.25, -0.2) is 4.39 Å². The van der Waals surface area contributed by atoms with Gasteiger partial charge in [-0.3, -0.25) is 0 Å². The SMILES string of the molecule is COc1ccc(C(O)C2CCCS2)c(F)c1. The van der Waals surface area contributed by atoms with E-state index < -0.39 is 6.10 Å². The van der Waals surface area contributed by atoms with Crippen molar-refractivity contribution in [1.82, 2.24) is 0 Å². The van der Waals surface area contributed by atoms with E-state index in [1.807, 2.05) is 0 Å². The second-order valence-electron chi connectivity index (χ2n) is 3.88. The van der Waals surface area contributed by atoms with Crippen LogP contribution in [0.2, 0.25) is 0 Å². The number of methoxy groups -OCH3 is 1. The molecule has 1 N–H and O–H groups in total. The summed E-state index contributed by atoms with van der Waals surface area (Å²) < 4.78 is 18.6. The number of aliphatic hydroxyl groups is 1. The fourth-order valence-electron chi connectivity index (χ4n) is 1.93. The van der Waals surface area contributed by atoms with E-state index in [9.17, 15) is 9.50 Å². The maximum atomic E-state index is 13.7. The molecular weight excluding hydrogens is 227 g/mol. The molecule has 1 aliphatic rings. The van der Waals surface area contributed by atoms with E-state index >= 15 is 0 Å². The monoisotopic (exact) mass is 242 g/mol. The smallest absolute Gasteiger partial charge is 0.132 e. The van der Waals surface area contributed by atoms with Gasteiger partial charge in [0.2, 0.25) is 0 Å². The van der Waals surface area contributed by atoms with Gasteiger partial charge in [-0.2, -0.15) is 11.8 Å².